The van der Waals surface area contributed by atoms with Gasteiger partial charge in [0, 0.05) is 15.7 Å². The van der Waals surface area contributed by atoms with Crippen molar-refractivity contribution in [3.63, 3.8) is 0 Å². The van der Waals surface area contributed by atoms with Crippen molar-refractivity contribution in [1.29, 1.82) is 0 Å². The maximum absolute atomic E-state index is 12.5. The highest BCUT2D eigenvalue weighted by Gasteiger charge is 2.15. The number of amides is 1. The number of methoxy groups -OCH3 is 1. The Labute approximate surface area is 189 Å². The Hall–Kier alpha value is -2.94. The first-order chi connectivity index (χ1) is 14.7. The molecule has 0 saturated carbocycles. The molecule has 0 aliphatic rings. The van der Waals surface area contributed by atoms with E-state index in [4.69, 9.17) is 32.7 Å². The minimum Gasteiger partial charge on any atom is -0.497 e. The van der Waals surface area contributed by atoms with Gasteiger partial charge in [-0.25, -0.2) is 8.42 Å². The molecule has 162 valence electrons. The molecule has 0 spiro atoms. The molecule has 0 bridgehead atoms. The van der Waals surface area contributed by atoms with Gasteiger partial charge in [-0.15, -0.1) is 0 Å². The summed E-state index contributed by atoms with van der Waals surface area (Å²) in [4.78, 5) is 12.0. The van der Waals surface area contributed by atoms with Crippen LogP contribution in [0.5, 0.6) is 11.5 Å². The van der Waals surface area contributed by atoms with E-state index in [0.717, 1.165) is 0 Å². The molecule has 0 aliphatic carbocycles. The third kappa shape index (κ3) is 6.52. The minimum absolute atomic E-state index is 0.0126. The summed E-state index contributed by atoms with van der Waals surface area (Å²) in [5.74, 6) is 0.660. The molecule has 3 aromatic carbocycles. The van der Waals surface area contributed by atoms with E-state index in [9.17, 15) is 13.2 Å². The highest BCUT2D eigenvalue weighted by molar-refractivity contribution is 7.92. The van der Waals surface area contributed by atoms with Crippen LogP contribution in [0.1, 0.15) is 0 Å². The molecule has 10 heteroatoms. The lowest BCUT2D eigenvalue weighted by Gasteiger charge is -2.11. The van der Waals surface area contributed by atoms with Gasteiger partial charge in [0.25, 0.3) is 15.9 Å². The Morgan fingerprint density at radius 1 is 0.871 bits per heavy atom. The minimum atomic E-state index is -3.85. The van der Waals surface area contributed by atoms with Gasteiger partial charge in [-0.1, -0.05) is 23.2 Å². The first-order valence-corrected chi connectivity index (χ1v) is 11.1. The third-order valence-corrected chi connectivity index (χ3v) is 5.83. The maximum atomic E-state index is 12.5. The van der Waals surface area contributed by atoms with Crippen molar-refractivity contribution in [1.82, 2.24) is 0 Å². The van der Waals surface area contributed by atoms with Crippen LogP contribution in [0, 0.1) is 0 Å². The Morgan fingerprint density at radius 2 is 1.45 bits per heavy atom. The topological polar surface area (TPSA) is 93.7 Å². The molecule has 0 aliphatic heterocycles. The fourth-order valence-electron chi connectivity index (χ4n) is 2.56. The number of nitrogens with one attached hydrogen (secondary N) is 2. The van der Waals surface area contributed by atoms with E-state index in [1.807, 2.05) is 0 Å². The Balaban J connectivity index is 1.58. The van der Waals surface area contributed by atoms with E-state index in [1.54, 1.807) is 31.4 Å². The second kappa shape index (κ2) is 9.91. The van der Waals surface area contributed by atoms with E-state index < -0.39 is 10.0 Å². The molecule has 2 N–H and O–H groups in total. The molecular formula is C21H18Cl2N2O5S. The van der Waals surface area contributed by atoms with Crippen LogP contribution < -0.4 is 19.5 Å². The Morgan fingerprint density at radius 3 is 2.03 bits per heavy atom. The number of ether oxygens (including phenoxy) is 2. The smallest absolute Gasteiger partial charge is 0.262 e. The standard InChI is InChI=1S/C21H18Cl2N2O5S/c1-29-18-4-2-16(3-5-18)24-21(26)13-30-19-6-8-20(9-7-19)31(27,28)25-17-11-14(22)10-15(23)12-17/h2-12,25H,13H2,1H3,(H,24,26). The number of halogens is 2. The largest absolute Gasteiger partial charge is 0.497 e. The van der Waals surface area contributed by atoms with Crippen molar-refractivity contribution in [3.05, 3.63) is 76.8 Å². The van der Waals surface area contributed by atoms with Gasteiger partial charge in [-0.2, -0.15) is 0 Å². The molecular weight excluding hydrogens is 463 g/mol. The average molecular weight is 481 g/mol. The molecule has 0 saturated heterocycles. The first-order valence-electron chi connectivity index (χ1n) is 8.91. The SMILES string of the molecule is COc1ccc(NC(=O)COc2ccc(S(=O)(=O)Nc3cc(Cl)cc(Cl)c3)cc2)cc1. The lowest BCUT2D eigenvalue weighted by molar-refractivity contribution is -0.118. The maximum Gasteiger partial charge on any atom is 0.262 e. The molecule has 3 rings (SSSR count). The predicted octanol–water partition coefficient (Wildman–Crippen LogP) is 4.82. The number of rotatable bonds is 8. The van der Waals surface area contributed by atoms with Crippen molar-refractivity contribution in [2.75, 3.05) is 23.8 Å². The summed E-state index contributed by atoms with van der Waals surface area (Å²) in [6, 6.07) is 16.9. The third-order valence-electron chi connectivity index (χ3n) is 3.99. The summed E-state index contributed by atoms with van der Waals surface area (Å²) in [6.07, 6.45) is 0. The summed E-state index contributed by atoms with van der Waals surface area (Å²) in [5, 5.41) is 3.30. The van der Waals surface area contributed by atoms with Gasteiger partial charge < -0.3 is 14.8 Å². The van der Waals surface area contributed by atoms with Gasteiger partial charge in [0.05, 0.1) is 17.7 Å². The normalized spacial score (nSPS) is 10.9. The number of hydrogen-bond acceptors (Lipinski definition) is 5. The number of anilines is 2. The van der Waals surface area contributed by atoms with E-state index in [1.165, 1.54) is 42.5 Å². The fourth-order valence-corrected chi connectivity index (χ4v) is 4.13. The van der Waals surface area contributed by atoms with Crippen LogP contribution in [0.3, 0.4) is 0 Å². The molecule has 7 nitrogen and oxygen atoms in total. The number of benzene rings is 3. The van der Waals surface area contributed by atoms with Crippen molar-refractivity contribution >= 4 is 50.5 Å². The molecule has 0 fully saturated rings. The van der Waals surface area contributed by atoms with Crippen LogP contribution in [0.4, 0.5) is 11.4 Å². The van der Waals surface area contributed by atoms with E-state index in [-0.39, 0.29) is 23.1 Å². The summed E-state index contributed by atoms with van der Waals surface area (Å²) < 4.78 is 38.0. The molecule has 0 unspecified atom stereocenters. The van der Waals surface area contributed by atoms with E-state index >= 15 is 0 Å². The number of carbonyl (C=O) groups is 1. The second-order valence-corrected chi connectivity index (χ2v) is 8.86. The molecule has 0 heterocycles. The molecule has 0 aromatic heterocycles. The zero-order valence-electron chi connectivity index (χ0n) is 16.3. The van der Waals surface area contributed by atoms with Crippen LogP contribution in [-0.2, 0) is 14.8 Å². The molecule has 3 aromatic rings. The number of hydrogen-bond donors (Lipinski definition) is 2. The Bertz CT molecular complexity index is 1150. The van der Waals surface area contributed by atoms with Gasteiger partial charge in [0.2, 0.25) is 0 Å². The monoisotopic (exact) mass is 480 g/mol. The average Bonchev–Trinajstić information content (AvgIpc) is 2.72. The number of sulfonamides is 1. The van der Waals surface area contributed by atoms with E-state index in [2.05, 4.69) is 10.0 Å². The van der Waals surface area contributed by atoms with Gasteiger partial charge in [0.1, 0.15) is 11.5 Å². The zero-order valence-corrected chi connectivity index (χ0v) is 18.6. The summed E-state index contributed by atoms with van der Waals surface area (Å²) in [7, 11) is -2.30. The first kappa shape index (κ1) is 22.7. The summed E-state index contributed by atoms with van der Waals surface area (Å²) in [6.45, 7) is -0.239. The van der Waals surface area contributed by atoms with Gasteiger partial charge >= 0.3 is 0 Å². The summed E-state index contributed by atoms with van der Waals surface area (Å²) in [5.41, 5.74) is 0.844. The molecule has 1 amide bonds. The van der Waals surface area contributed by atoms with Gasteiger partial charge in [-0.3, -0.25) is 9.52 Å². The highest BCUT2D eigenvalue weighted by atomic mass is 35.5. The molecule has 0 radical (unpaired) electrons. The zero-order chi connectivity index (χ0) is 22.4. The van der Waals surface area contributed by atoms with Crippen molar-refractivity contribution < 1.29 is 22.7 Å². The lowest BCUT2D eigenvalue weighted by Crippen LogP contribution is -2.20. The van der Waals surface area contributed by atoms with Crippen molar-refractivity contribution in [3.8, 4) is 11.5 Å². The van der Waals surface area contributed by atoms with Crippen LogP contribution >= 0.6 is 23.2 Å². The van der Waals surface area contributed by atoms with Crippen molar-refractivity contribution in [2.45, 2.75) is 4.90 Å². The molecule has 0 atom stereocenters. The van der Waals surface area contributed by atoms with Crippen LogP contribution in [0.15, 0.2) is 71.6 Å². The highest BCUT2D eigenvalue weighted by Crippen LogP contribution is 2.25. The quantitative estimate of drug-likeness (QED) is 0.481. The Kier molecular flexibility index (Phi) is 7.27. The van der Waals surface area contributed by atoms with Crippen LogP contribution in [-0.4, -0.2) is 28.0 Å². The summed E-state index contributed by atoms with van der Waals surface area (Å²) >= 11 is 11.8. The second-order valence-electron chi connectivity index (χ2n) is 6.30. The fraction of sp³-hybridized carbons (Fsp3) is 0.0952. The van der Waals surface area contributed by atoms with Crippen molar-refractivity contribution in [2.24, 2.45) is 0 Å². The van der Waals surface area contributed by atoms with Crippen LogP contribution in [0.2, 0.25) is 10.0 Å². The van der Waals surface area contributed by atoms with E-state index in [0.29, 0.717) is 27.2 Å². The van der Waals surface area contributed by atoms with Crippen LogP contribution in [0.25, 0.3) is 0 Å². The molecule has 31 heavy (non-hydrogen) atoms. The van der Waals surface area contributed by atoms with Gasteiger partial charge in [-0.05, 0) is 66.7 Å². The number of carbonyl (C=O) groups excluding carboxylic acids is 1. The van der Waals surface area contributed by atoms with Gasteiger partial charge in [0.15, 0.2) is 6.61 Å². The predicted molar refractivity (Wildman–Crippen MR) is 121 cm³/mol. The lowest BCUT2D eigenvalue weighted by atomic mass is 10.3.